The van der Waals surface area contributed by atoms with Crippen LogP contribution in [0.3, 0.4) is 0 Å². The minimum Gasteiger partial charge on any atom is -0.444 e. The first-order valence-electron chi connectivity index (χ1n) is 7.41. The van der Waals surface area contributed by atoms with Crippen LogP contribution < -0.4 is 5.73 Å². The van der Waals surface area contributed by atoms with Crippen LogP contribution in [-0.4, -0.2) is 39.7 Å². The molecule has 0 aliphatic carbocycles. The van der Waals surface area contributed by atoms with E-state index in [1.54, 1.807) is 17.3 Å². The molecule has 7 heteroatoms. The SMILES string of the molecule is CC(C)(C)OC(=O)N1CCCC1c1cnc(CCN)nc1.Cl. The summed E-state index contributed by atoms with van der Waals surface area (Å²) in [5.74, 6) is 0.739. The Balaban J connectivity index is 0.00000242. The van der Waals surface area contributed by atoms with Crippen molar-refractivity contribution in [3.8, 4) is 0 Å². The van der Waals surface area contributed by atoms with Gasteiger partial charge in [-0.05, 0) is 40.2 Å². The number of carbonyl (C=O) groups is 1. The third kappa shape index (κ3) is 4.81. The molecule has 1 aliphatic rings. The zero-order valence-corrected chi connectivity index (χ0v) is 14.2. The zero-order valence-electron chi connectivity index (χ0n) is 13.4. The highest BCUT2D eigenvalue weighted by molar-refractivity contribution is 5.85. The number of halogens is 1. The second-order valence-corrected chi connectivity index (χ2v) is 6.30. The minimum absolute atomic E-state index is 0. The van der Waals surface area contributed by atoms with Gasteiger partial charge in [-0.25, -0.2) is 14.8 Å². The minimum atomic E-state index is -0.480. The summed E-state index contributed by atoms with van der Waals surface area (Å²) >= 11 is 0. The Kier molecular flexibility index (Phi) is 6.56. The standard InChI is InChI=1S/C15H24N4O2.ClH/c1-15(2,3)21-14(20)19-8-4-5-12(19)11-9-17-13(6-7-16)18-10-11;/h9-10,12H,4-8,16H2,1-3H3;1H. The van der Waals surface area contributed by atoms with Crippen molar-refractivity contribution in [1.82, 2.24) is 14.9 Å². The van der Waals surface area contributed by atoms with E-state index in [9.17, 15) is 4.79 Å². The van der Waals surface area contributed by atoms with Crippen molar-refractivity contribution in [1.29, 1.82) is 0 Å². The molecule has 0 saturated carbocycles. The first kappa shape index (κ1) is 18.6. The van der Waals surface area contributed by atoms with Crippen LogP contribution in [0.4, 0.5) is 4.79 Å². The van der Waals surface area contributed by atoms with Gasteiger partial charge in [0.25, 0.3) is 0 Å². The Bertz CT molecular complexity index is 487. The van der Waals surface area contributed by atoms with Crippen LogP contribution in [0.15, 0.2) is 12.4 Å². The summed E-state index contributed by atoms with van der Waals surface area (Å²) < 4.78 is 5.47. The lowest BCUT2D eigenvalue weighted by atomic mass is 10.1. The van der Waals surface area contributed by atoms with E-state index in [4.69, 9.17) is 10.5 Å². The fourth-order valence-corrected chi connectivity index (χ4v) is 2.45. The average molecular weight is 329 g/mol. The number of likely N-dealkylation sites (tertiary alicyclic amines) is 1. The molecule has 2 N–H and O–H groups in total. The number of rotatable bonds is 3. The van der Waals surface area contributed by atoms with E-state index >= 15 is 0 Å². The van der Waals surface area contributed by atoms with Crippen LogP contribution in [0.2, 0.25) is 0 Å². The Morgan fingerprint density at radius 2 is 2.05 bits per heavy atom. The first-order chi connectivity index (χ1) is 9.90. The van der Waals surface area contributed by atoms with E-state index in [0.717, 1.165) is 24.2 Å². The molecular weight excluding hydrogens is 304 g/mol. The maximum absolute atomic E-state index is 12.3. The van der Waals surface area contributed by atoms with Gasteiger partial charge in [-0.2, -0.15) is 0 Å². The van der Waals surface area contributed by atoms with E-state index < -0.39 is 5.60 Å². The third-order valence-electron chi connectivity index (χ3n) is 3.36. The summed E-state index contributed by atoms with van der Waals surface area (Å²) in [5.41, 5.74) is 5.97. The zero-order chi connectivity index (χ0) is 15.5. The van der Waals surface area contributed by atoms with Gasteiger partial charge in [-0.3, -0.25) is 0 Å². The molecule has 0 radical (unpaired) electrons. The molecule has 0 bridgehead atoms. The van der Waals surface area contributed by atoms with Crippen molar-refractivity contribution in [2.75, 3.05) is 13.1 Å². The molecule has 1 aromatic rings. The Labute approximate surface area is 137 Å². The van der Waals surface area contributed by atoms with Crippen molar-refractivity contribution in [2.45, 2.75) is 51.7 Å². The number of nitrogens with zero attached hydrogens (tertiary/aromatic N) is 3. The molecule has 2 heterocycles. The summed E-state index contributed by atoms with van der Waals surface area (Å²) in [6, 6.07) is 0.00627. The number of amides is 1. The summed E-state index contributed by atoms with van der Waals surface area (Å²) in [4.78, 5) is 22.7. The molecule has 1 amide bonds. The number of hydrogen-bond acceptors (Lipinski definition) is 5. The van der Waals surface area contributed by atoms with Crippen molar-refractivity contribution in [3.63, 3.8) is 0 Å². The highest BCUT2D eigenvalue weighted by Crippen LogP contribution is 2.32. The quantitative estimate of drug-likeness (QED) is 0.921. The first-order valence-corrected chi connectivity index (χ1v) is 7.41. The van der Waals surface area contributed by atoms with Crippen LogP contribution in [0.5, 0.6) is 0 Å². The van der Waals surface area contributed by atoms with Crippen LogP contribution in [0, 0.1) is 0 Å². The lowest BCUT2D eigenvalue weighted by molar-refractivity contribution is 0.0224. The molecule has 1 fully saturated rings. The molecule has 1 aromatic heterocycles. The van der Waals surface area contributed by atoms with Gasteiger partial charge in [0.2, 0.25) is 0 Å². The van der Waals surface area contributed by atoms with E-state index in [2.05, 4.69) is 9.97 Å². The highest BCUT2D eigenvalue weighted by atomic mass is 35.5. The normalized spacial score (nSPS) is 18.0. The van der Waals surface area contributed by atoms with Crippen molar-refractivity contribution in [3.05, 3.63) is 23.8 Å². The lowest BCUT2D eigenvalue weighted by Crippen LogP contribution is -2.36. The third-order valence-corrected chi connectivity index (χ3v) is 3.36. The Morgan fingerprint density at radius 3 is 2.59 bits per heavy atom. The van der Waals surface area contributed by atoms with Gasteiger partial charge in [-0.1, -0.05) is 0 Å². The fraction of sp³-hybridized carbons (Fsp3) is 0.667. The van der Waals surface area contributed by atoms with Crippen LogP contribution in [0.25, 0.3) is 0 Å². The topological polar surface area (TPSA) is 81.3 Å². The van der Waals surface area contributed by atoms with Crippen LogP contribution in [-0.2, 0) is 11.2 Å². The molecule has 1 saturated heterocycles. The van der Waals surface area contributed by atoms with Crippen LogP contribution >= 0.6 is 12.4 Å². The summed E-state index contributed by atoms with van der Waals surface area (Å²) in [5, 5.41) is 0. The van der Waals surface area contributed by atoms with Gasteiger partial charge in [0.1, 0.15) is 11.4 Å². The van der Waals surface area contributed by atoms with Gasteiger partial charge < -0.3 is 15.4 Å². The molecule has 6 nitrogen and oxygen atoms in total. The fourth-order valence-electron chi connectivity index (χ4n) is 2.45. The van der Waals surface area contributed by atoms with E-state index in [-0.39, 0.29) is 24.5 Å². The van der Waals surface area contributed by atoms with E-state index in [1.165, 1.54) is 0 Å². The molecular formula is C15H25ClN4O2. The molecule has 22 heavy (non-hydrogen) atoms. The molecule has 1 aliphatic heterocycles. The predicted octanol–water partition coefficient (Wildman–Crippen LogP) is 2.47. The lowest BCUT2D eigenvalue weighted by Gasteiger charge is -2.28. The second kappa shape index (κ2) is 7.74. The van der Waals surface area contributed by atoms with Gasteiger partial charge in [0.15, 0.2) is 0 Å². The summed E-state index contributed by atoms with van der Waals surface area (Å²) in [6.45, 7) is 6.87. The van der Waals surface area contributed by atoms with Crippen molar-refractivity contribution >= 4 is 18.5 Å². The van der Waals surface area contributed by atoms with E-state index in [1.807, 2.05) is 20.8 Å². The van der Waals surface area contributed by atoms with E-state index in [0.29, 0.717) is 19.5 Å². The average Bonchev–Trinajstić information content (AvgIpc) is 2.87. The number of carbonyl (C=O) groups excluding carboxylic acids is 1. The monoisotopic (exact) mass is 328 g/mol. The summed E-state index contributed by atoms with van der Waals surface area (Å²) in [6.07, 6.45) is 5.88. The van der Waals surface area contributed by atoms with Gasteiger partial charge in [0.05, 0.1) is 6.04 Å². The Morgan fingerprint density at radius 1 is 1.41 bits per heavy atom. The second-order valence-electron chi connectivity index (χ2n) is 6.30. The Hall–Kier alpha value is -1.40. The van der Waals surface area contributed by atoms with Crippen LogP contribution in [0.1, 0.15) is 51.0 Å². The van der Waals surface area contributed by atoms with Crippen molar-refractivity contribution < 1.29 is 9.53 Å². The smallest absolute Gasteiger partial charge is 0.410 e. The molecule has 2 rings (SSSR count). The van der Waals surface area contributed by atoms with Crippen molar-refractivity contribution in [2.24, 2.45) is 5.73 Å². The number of nitrogens with two attached hydrogens (primary N) is 1. The number of ether oxygens (including phenoxy) is 1. The van der Waals surface area contributed by atoms with Gasteiger partial charge in [-0.15, -0.1) is 12.4 Å². The largest absolute Gasteiger partial charge is 0.444 e. The maximum Gasteiger partial charge on any atom is 0.410 e. The number of aromatic nitrogens is 2. The van der Waals surface area contributed by atoms with Gasteiger partial charge >= 0.3 is 6.09 Å². The molecule has 1 unspecified atom stereocenters. The summed E-state index contributed by atoms with van der Waals surface area (Å²) in [7, 11) is 0. The number of hydrogen-bond donors (Lipinski definition) is 1. The molecule has 0 spiro atoms. The molecule has 124 valence electrons. The highest BCUT2D eigenvalue weighted by Gasteiger charge is 2.33. The predicted molar refractivity (Wildman–Crippen MR) is 87.0 cm³/mol. The van der Waals surface area contributed by atoms with Gasteiger partial charge in [0, 0.05) is 30.9 Å². The molecule has 0 aromatic carbocycles. The molecule has 1 atom stereocenters. The maximum atomic E-state index is 12.3.